The fourth-order valence-corrected chi connectivity index (χ4v) is 6.56. The molecule has 21 heavy (non-hydrogen) atoms. The van der Waals surface area contributed by atoms with E-state index < -0.39 is 10.0 Å². The summed E-state index contributed by atoms with van der Waals surface area (Å²) in [6.45, 7) is 1.07. The van der Waals surface area contributed by atoms with Gasteiger partial charge in [-0.3, -0.25) is 0 Å². The maximum Gasteiger partial charge on any atom is 0.245 e. The molecule has 2 rings (SSSR count). The number of hydrogen-bond acceptors (Lipinski definition) is 4. The lowest BCUT2D eigenvalue weighted by Crippen LogP contribution is -2.44. The van der Waals surface area contributed by atoms with Gasteiger partial charge < -0.3 is 10.6 Å². The molecule has 1 aliphatic heterocycles. The smallest absolute Gasteiger partial charge is 0.245 e. The van der Waals surface area contributed by atoms with Crippen molar-refractivity contribution in [1.82, 2.24) is 9.21 Å². The number of nitrogens with zero attached hydrogens (tertiary/aromatic N) is 2. The van der Waals surface area contributed by atoms with Crippen LogP contribution < -0.4 is 5.73 Å². The molecular formula is C13H19Br2N3O2S. The standard InChI is InChI=1S/C13H19Br2N3O2S/c1-17(2)10-3-5-18(6-4-10)21(19,20)13-11(14)7-9(16)8-12(13)15/h7-8,10H,3-6,16H2,1-2H3. The molecule has 0 aliphatic carbocycles. The molecule has 1 heterocycles. The number of nitrogens with two attached hydrogens (primary N) is 1. The molecule has 118 valence electrons. The Morgan fingerprint density at radius 1 is 1.19 bits per heavy atom. The first kappa shape index (κ1) is 17.2. The minimum Gasteiger partial charge on any atom is -0.399 e. The first-order valence-corrected chi connectivity index (χ1v) is 9.67. The summed E-state index contributed by atoms with van der Waals surface area (Å²) < 4.78 is 28.2. The van der Waals surface area contributed by atoms with E-state index in [0.717, 1.165) is 12.8 Å². The molecule has 0 spiro atoms. The Labute approximate surface area is 142 Å². The van der Waals surface area contributed by atoms with Crippen LogP contribution in [0.5, 0.6) is 0 Å². The molecule has 1 fully saturated rings. The lowest BCUT2D eigenvalue weighted by atomic mass is 10.1. The highest BCUT2D eigenvalue weighted by atomic mass is 79.9. The Hall–Kier alpha value is -0.150. The van der Waals surface area contributed by atoms with Gasteiger partial charge in [0.15, 0.2) is 0 Å². The molecule has 5 nitrogen and oxygen atoms in total. The molecule has 0 saturated carbocycles. The van der Waals surface area contributed by atoms with E-state index in [1.54, 1.807) is 16.4 Å². The molecule has 2 N–H and O–H groups in total. The van der Waals surface area contributed by atoms with Crippen molar-refractivity contribution in [1.29, 1.82) is 0 Å². The molecule has 0 radical (unpaired) electrons. The molecule has 0 bridgehead atoms. The van der Waals surface area contributed by atoms with Crippen LogP contribution in [0.4, 0.5) is 5.69 Å². The fourth-order valence-electron chi connectivity index (χ4n) is 2.55. The molecule has 1 aromatic carbocycles. The van der Waals surface area contributed by atoms with Gasteiger partial charge in [-0.15, -0.1) is 0 Å². The van der Waals surface area contributed by atoms with Crippen molar-refractivity contribution >= 4 is 47.6 Å². The van der Waals surface area contributed by atoms with Crippen LogP contribution in [0.15, 0.2) is 26.0 Å². The van der Waals surface area contributed by atoms with E-state index in [4.69, 9.17) is 5.73 Å². The molecule has 0 aromatic heterocycles. The Morgan fingerprint density at radius 2 is 1.67 bits per heavy atom. The third-order valence-corrected chi connectivity index (χ3v) is 7.55. The van der Waals surface area contributed by atoms with Crippen LogP contribution in [0.3, 0.4) is 0 Å². The van der Waals surface area contributed by atoms with Crippen LogP contribution in [0.25, 0.3) is 0 Å². The maximum absolute atomic E-state index is 12.8. The van der Waals surface area contributed by atoms with Crippen molar-refractivity contribution in [3.05, 3.63) is 21.1 Å². The van der Waals surface area contributed by atoms with Gasteiger partial charge in [0.2, 0.25) is 10.0 Å². The van der Waals surface area contributed by atoms with Crippen LogP contribution in [-0.4, -0.2) is 50.8 Å². The van der Waals surface area contributed by atoms with Gasteiger partial charge >= 0.3 is 0 Å². The van der Waals surface area contributed by atoms with Crippen LogP contribution in [-0.2, 0) is 10.0 Å². The molecule has 0 amide bonds. The molecule has 1 aromatic rings. The van der Waals surface area contributed by atoms with E-state index in [1.165, 1.54) is 0 Å². The number of piperidine rings is 1. The first-order valence-electron chi connectivity index (χ1n) is 6.64. The lowest BCUT2D eigenvalue weighted by Gasteiger charge is -2.34. The van der Waals surface area contributed by atoms with Crippen molar-refractivity contribution in [2.75, 3.05) is 32.9 Å². The zero-order valence-corrected chi connectivity index (χ0v) is 16.0. The fraction of sp³-hybridized carbons (Fsp3) is 0.538. The van der Waals surface area contributed by atoms with E-state index in [1.807, 2.05) is 14.1 Å². The average molecular weight is 441 g/mol. The van der Waals surface area contributed by atoms with Crippen molar-refractivity contribution < 1.29 is 8.42 Å². The van der Waals surface area contributed by atoms with Gasteiger partial charge in [0.1, 0.15) is 4.90 Å². The molecule has 1 saturated heterocycles. The summed E-state index contributed by atoms with van der Waals surface area (Å²) in [7, 11) is 0.536. The van der Waals surface area contributed by atoms with E-state index in [0.29, 0.717) is 33.8 Å². The van der Waals surface area contributed by atoms with E-state index in [9.17, 15) is 8.42 Å². The van der Waals surface area contributed by atoms with Crippen LogP contribution in [0, 0.1) is 0 Å². The minimum absolute atomic E-state index is 0.250. The van der Waals surface area contributed by atoms with E-state index in [2.05, 4.69) is 36.8 Å². The van der Waals surface area contributed by atoms with Crippen LogP contribution in [0.1, 0.15) is 12.8 Å². The molecule has 0 unspecified atom stereocenters. The zero-order chi connectivity index (χ0) is 15.8. The van der Waals surface area contributed by atoms with E-state index >= 15 is 0 Å². The van der Waals surface area contributed by atoms with Crippen molar-refractivity contribution in [2.24, 2.45) is 0 Å². The monoisotopic (exact) mass is 439 g/mol. The summed E-state index contributed by atoms with van der Waals surface area (Å²) in [5.74, 6) is 0. The van der Waals surface area contributed by atoms with Gasteiger partial charge in [0.25, 0.3) is 0 Å². The largest absolute Gasteiger partial charge is 0.399 e. The molecule has 1 aliphatic rings. The summed E-state index contributed by atoms with van der Waals surface area (Å²) in [6.07, 6.45) is 1.69. The van der Waals surface area contributed by atoms with Crippen molar-refractivity contribution in [2.45, 2.75) is 23.8 Å². The number of halogens is 2. The van der Waals surface area contributed by atoms with Gasteiger partial charge in [0.05, 0.1) is 0 Å². The Kier molecular flexibility index (Phi) is 5.36. The quantitative estimate of drug-likeness (QED) is 0.733. The van der Waals surface area contributed by atoms with Crippen molar-refractivity contribution in [3.63, 3.8) is 0 Å². The van der Waals surface area contributed by atoms with Crippen molar-refractivity contribution in [3.8, 4) is 0 Å². The summed E-state index contributed by atoms with van der Waals surface area (Å²) in [6, 6.07) is 3.67. The summed E-state index contributed by atoms with van der Waals surface area (Å²) in [4.78, 5) is 2.40. The lowest BCUT2D eigenvalue weighted by molar-refractivity contribution is 0.196. The van der Waals surface area contributed by atoms with Gasteiger partial charge in [-0.25, -0.2) is 8.42 Å². The number of benzene rings is 1. The predicted octanol–water partition coefficient (Wildman–Crippen LogP) is 2.51. The van der Waals surface area contributed by atoms with E-state index in [-0.39, 0.29) is 4.90 Å². The summed E-state index contributed by atoms with van der Waals surface area (Å²) in [5, 5.41) is 0. The second-order valence-electron chi connectivity index (χ2n) is 5.41. The second kappa shape index (κ2) is 6.54. The molecule has 8 heteroatoms. The number of rotatable bonds is 3. The predicted molar refractivity (Wildman–Crippen MR) is 91.7 cm³/mol. The highest BCUT2D eigenvalue weighted by Crippen LogP contribution is 2.35. The zero-order valence-electron chi connectivity index (χ0n) is 12.0. The SMILES string of the molecule is CN(C)C1CCN(S(=O)(=O)c2c(Br)cc(N)cc2Br)CC1. The number of sulfonamides is 1. The average Bonchev–Trinajstić information content (AvgIpc) is 2.37. The van der Waals surface area contributed by atoms with Gasteiger partial charge in [0, 0.05) is 33.8 Å². The highest BCUT2D eigenvalue weighted by molar-refractivity contribution is 9.11. The third-order valence-electron chi connectivity index (χ3n) is 3.77. The third kappa shape index (κ3) is 3.61. The molecular weight excluding hydrogens is 422 g/mol. The second-order valence-corrected chi connectivity index (χ2v) is 9.00. The van der Waals surface area contributed by atoms with Crippen LogP contribution in [0.2, 0.25) is 0 Å². The Bertz CT molecular complexity index is 603. The highest BCUT2D eigenvalue weighted by Gasteiger charge is 2.32. The topological polar surface area (TPSA) is 66.6 Å². The number of anilines is 1. The van der Waals surface area contributed by atoms with Gasteiger partial charge in [-0.1, -0.05) is 0 Å². The molecule has 0 atom stereocenters. The minimum atomic E-state index is -3.52. The Morgan fingerprint density at radius 3 is 2.10 bits per heavy atom. The summed E-state index contributed by atoms with van der Waals surface area (Å²) >= 11 is 6.62. The van der Waals surface area contributed by atoms with Gasteiger partial charge in [-0.05, 0) is 70.9 Å². The Balaban J connectivity index is 2.28. The summed E-state index contributed by atoms with van der Waals surface area (Å²) in [5.41, 5.74) is 6.24. The number of nitrogen functional groups attached to an aromatic ring is 1. The van der Waals surface area contributed by atoms with Crippen LogP contribution >= 0.6 is 31.9 Å². The first-order chi connectivity index (χ1) is 9.73. The maximum atomic E-state index is 12.8. The number of hydrogen-bond donors (Lipinski definition) is 1. The van der Waals surface area contributed by atoms with Gasteiger partial charge in [-0.2, -0.15) is 4.31 Å². The normalized spacial score (nSPS) is 18.3.